The number of rotatable bonds is 6. The lowest BCUT2D eigenvalue weighted by molar-refractivity contribution is -0.124. The Labute approximate surface area is 172 Å². The molecular weight excluding hydrogens is 379 g/mol. The van der Waals surface area contributed by atoms with Gasteiger partial charge < -0.3 is 11.1 Å². The summed E-state index contributed by atoms with van der Waals surface area (Å²) in [5.74, 6) is -0.232. The number of nitrogens with zero attached hydrogens (tertiary/aromatic N) is 2. The molecule has 0 radical (unpaired) electrons. The third kappa shape index (κ3) is 4.92. The molecule has 1 aromatic heterocycles. The minimum atomic E-state index is -0.277. The molecule has 1 aromatic carbocycles. The van der Waals surface area contributed by atoms with E-state index in [1.807, 2.05) is 13.8 Å². The first-order valence-electron chi connectivity index (χ1n) is 9.74. The van der Waals surface area contributed by atoms with Crippen LogP contribution in [0, 0.1) is 18.2 Å². The normalized spacial score (nSPS) is 16.9. The standard InChI is InChI=1S/C21H29FN4O.ClH/c1-15(25-20(27)12-21(14-23)10-4-3-5-11-21)19-13-24-26(16(19)2)18-8-6-17(22)7-9-18;/h6-9,13,15H,3-5,10-12,14,23H2,1-2H3,(H,25,27);1H. The zero-order valence-corrected chi connectivity index (χ0v) is 17.4. The third-order valence-electron chi connectivity index (χ3n) is 5.85. The van der Waals surface area contributed by atoms with E-state index in [-0.39, 0.29) is 35.6 Å². The van der Waals surface area contributed by atoms with Crippen LogP contribution in [0.25, 0.3) is 5.69 Å². The summed E-state index contributed by atoms with van der Waals surface area (Å²) in [5, 5.41) is 7.52. The van der Waals surface area contributed by atoms with Crippen LogP contribution in [-0.2, 0) is 4.79 Å². The molecule has 0 aliphatic heterocycles. The number of nitrogens with one attached hydrogen (secondary N) is 1. The highest BCUT2D eigenvalue weighted by Crippen LogP contribution is 2.38. The molecule has 1 aliphatic rings. The number of carbonyl (C=O) groups is 1. The molecular formula is C21H30ClFN4O. The number of carbonyl (C=O) groups excluding carboxylic acids is 1. The van der Waals surface area contributed by atoms with E-state index in [1.54, 1.807) is 23.0 Å². The fourth-order valence-corrected chi connectivity index (χ4v) is 4.16. The zero-order chi connectivity index (χ0) is 19.4. The molecule has 1 unspecified atom stereocenters. The Hall–Kier alpha value is -1.92. The molecule has 5 nitrogen and oxygen atoms in total. The number of hydrogen-bond acceptors (Lipinski definition) is 3. The van der Waals surface area contributed by atoms with Crippen LogP contribution in [0.1, 0.15) is 62.7 Å². The lowest BCUT2D eigenvalue weighted by Gasteiger charge is -2.36. The van der Waals surface area contributed by atoms with Gasteiger partial charge in [0.05, 0.1) is 17.9 Å². The Kier molecular flexibility index (Phi) is 7.61. The van der Waals surface area contributed by atoms with Gasteiger partial charge >= 0.3 is 0 Å². The lowest BCUT2D eigenvalue weighted by atomic mass is 9.71. The molecule has 0 bridgehead atoms. The van der Waals surface area contributed by atoms with Gasteiger partial charge in [0.25, 0.3) is 0 Å². The van der Waals surface area contributed by atoms with Crippen molar-refractivity contribution in [3.8, 4) is 5.69 Å². The largest absolute Gasteiger partial charge is 0.349 e. The highest BCUT2D eigenvalue weighted by Gasteiger charge is 2.33. The molecule has 1 amide bonds. The monoisotopic (exact) mass is 408 g/mol. The summed E-state index contributed by atoms with van der Waals surface area (Å²) < 4.78 is 14.9. The molecule has 1 saturated carbocycles. The van der Waals surface area contributed by atoms with Gasteiger partial charge in [0.15, 0.2) is 0 Å². The van der Waals surface area contributed by atoms with E-state index in [9.17, 15) is 9.18 Å². The van der Waals surface area contributed by atoms with E-state index in [0.717, 1.165) is 42.6 Å². The second-order valence-electron chi connectivity index (χ2n) is 7.80. The first-order chi connectivity index (χ1) is 12.9. The Morgan fingerprint density at radius 1 is 1.29 bits per heavy atom. The van der Waals surface area contributed by atoms with Crippen LogP contribution in [-0.4, -0.2) is 22.2 Å². The van der Waals surface area contributed by atoms with E-state index >= 15 is 0 Å². The molecule has 3 N–H and O–H groups in total. The van der Waals surface area contributed by atoms with Crippen molar-refractivity contribution in [2.75, 3.05) is 6.54 Å². The number of aromatic nitrogens is 2. The van der Waals surface area contributed by atoms with E-state index < -0.39 is 0 Å². The van der Waals surface area contributed by atoms with Crippen molar-refractivity contribution in [3.05, 3.63) is 47.5 Å². The number of halogens is 2. The average molecular weight is 409 g/mol. The minimum absolute atomic E-state index is 0. The first kappa shape index (κ1) is 22.4. The molecule has 154 valence electrons. The van der Waals surface area contributed by atoms with Crippen LogP contribution < -0.4 is 11.1 Å². The molecule has 0 saturated heterocycles. The van der Waals surface area contributed by atoms with Gasteiger partial charge in [-0.25, -0.2) is 9.07 Å². The Morgan fingerprint density at radius 3 is 2.54 bits per heavy atom. The lowest BCUT2D eigenvalue weighted by Crippen LogP contribution is -2.39. The molecule has 0 spiro atoms. The van der Waals surface area contributed by atoms with E-state index in [4.69, 9.17) is 5.73 Å². The number of hydrogen-bond donors (Lipinski definition) is 2. The Balaban J connectivity index is 0.00000280. The molecule has 1 aliphatic carbocycles. The molecule has 3 rings (SSSR count). The highest BCUT2D eigenvalue weighted by atomic mass is 35.5. The second-order valence-corrected chi connectivity index (χ2v) is 7.80. The summed E-state index contributed by atoms with van der Waals surface area (Å²) in [7, 11) is 0. The topological polar surface area (TPSA) is 72.9 Å². The Bertz CT molecular complexity index is 784. The van der Waals surface area contributed by atoms with Crippen LogP contribution >= 0.6 is 12.4 Å². The van der Waals surface area contributed by atoms with Crippen molar-refractivity contribution in [3.63, 3.8) is 0 Å². The second kappa shape index (κ2) is 9.52. The Morgan fingerprint density at radius 2 is 1.93 bits per heavy atom. The summed E-state index contributed by atoms with van der Waals surface area (Å²) in [6, 6.07) is 6.06. The number of nitrogens with two attached hydrogens (primary N) is 1. The summed E-state index contributed by atoms with van der Waals surface area (Å²) >= 11 is 0. The molecule has 1 heterocycles. The first-order valence-corrected chi connectivity index (χ1v) is 9.74. The maximum absolute atomic E-state index is 13.1. The van der Waals surface area contributed by atoms with Crippen molar-refractivity contribution in [2.24, 2.45) is 11.1 Å². The molecule has 1 atom stereocenters. The summed E-state index contributed by atoms with van der Waals surface area (Å²) in [4.78, 5) is 12.6. The van der Waals surface area contributed by atoms with Gasteiger partial charge in [0.1, 0.15) is 5.82 Å². The predicted octanol–water partition coefficient (Wildman–Crippen LogP) is 4.22. The maximum Gasteiger partial charge on any atom is 0.221 e. The van der Waals surface area contributed by atoms with Gasteiger partial charge in [0.2, 0.25) is 5.91 Å². The molecule has 28 heavy (non-hydrogen) atoms. The smallest absolute Gasteiger partial charge is 0.221 e. The van der Waals surface area contributed by atoms with Crippen molar-refractivity contribution >= 4 is 18.3 Å². The van der Waals surface area contributed by atoms with Crippen LogP contribution in [0.4, 0.5) is 4.39 Å². The van der Waals surface area contributed by atoms with E-state index in [1.165, 1.54) is 18.6 Å². The van der Waals surface area contributed by atoms with Gasteiger partial charge in [-0.05, 0) is 62.9 Å². The van der Waals surface area contributed by atoms with Gasteiger partial charge in [-0.15, -0.1) is 12.4 Å². The third-order valence-corrected chi connectivity index (χ3v) is 5.85. The fraction of sp³-hybridized carbons (Fsp3) is 0.524. The van der Waals surface area contributed by atoms with Crippen LogP contribution in [0.15, 0.2) is 30.5 Å². The average Bonchev–Trinajstić information content (AvgIpc) is 3.04. The molecule has 1 fully saturated rings. The quantitative estimate of drug-likeness (QED) is 0.751. The van der Waals surface area contributed by atoms with Gasteiger partial charge in [-0.1, -0.05) is 19.3 Å². The van der Waals surface area contributed by atoms with Gasteiger partial charge in [0, 0.05) is 17.7 Å². The number of amides is 1. The minimum Gasteiger partial charge on any atom is -0.349 e. The van der Waals surface area contributed by atoms with Crippen molar-refractivity contribution < 1.29 is 9.18 Å². The molecule has 7 heteroatoms. The highest BCUT2D eigenvalue weighted by molar-refractivity contribution is 5.85. The van der Waals surface area contributed by atoms with Crippen molar-refractivity contribution in [2.45, 2.75) is 58.4 Å². The SMILES string of the molecule is Cc1c(C(C)NC(=O)CC2(CN)CCCCC2)cnn1-c1ccc(F)cc1.Cl. The fourth-order valence-electron chi connectivity index (χ4n) is 4.16. The van der Waals surface area contributed by atoms with E-state index in [2.05, 4.69) is 10.4 Å². The number of benzene rings is 1. The summed E-state index contributed by atoms with van der Waals surface area (Å²) in [6.07, 6.45) is 7.87. The molecule has 2 aromatic rings. The van der Waals surface area contributed by atoms with Crippen molar-refractivity contribution in [1.82, 2.24) is 15.1 Å². The van der Waals surface area contributed by atoms with Crippen LogP contribution in [0.2, 0.25) is 0 Å². The van der Waals surface area contributed by atoms with Gasteiger partial charge in [-0.3, -0.25) is 4.79 Å². The predicted molar refractivity (Wildman–Crippen MR) is 111 cm³/mol. The van der Waals surface area contributed by atoms with E-state index in [0.29, 0.717) is 13.0 Å². The summed E-state index contributed by atoms with van der Waals surface area (Å²) in [5.41, 5.74) is 8.65. The maximum atomic E-state index is 13.1. The summed E-state index contributed by atoms with van der Waals surface area (Å²) in [6.45, 7) is 4.49. The van der Waals surface area contributed by atoms with Crippen LogP contribution in [0.3, 0.4) is 0 Å². The van der Waals surface area contributed by atoms with Crippen molar-refractivity contribution in [1.29, 1.82) is 0 Å². The van der Waals surface area contributed by atoms with Gasteiger partial charge in [-0.2, -0.15) is 5.10 Å². The zero-order valence-electron chi connectivity index (χ0n) is 16.6. The van der Waals surface area contributed by atoms with Crippen LogP contribution in [0.5, 0.6) is 0 Å².